The molecule has 0 saturated heterocycles. The van der Waals surface area contributed by atoms with Crippen molar-refractivity contribution in [3.05, 3.63) is 83.0 Å². The summed E-state index contributed by atoms with van der Waals surface area (Å²) < 4.78 is 62.3. The first-order valence-corrected chi connectivity index (χ1v) is 11.5. The number of aryl methyl sites for hydroxylation is 1. The van der Waals surface area contributed by atoms with Gasteiger partial charge in [0, 0.05) is 29.8 Å². The first-order chi connectivity index (χ1) is 17.6. The van der Waals surface area contributed by atoms with E-state index in [1.165, 1.54) is 31.6 Å². The molecule has 0 aliphatic heterocycles. The van der Waals surface area contributed by atoms with E-state index in [0.29, 0.717) is 30.0 Å². The number of methoxy groups -OCH3 is 1. The van der Waals surface area contributed by atoms with Gasteiger partial charge in [0.15, 0.2) is 17.5 Å². The van der Waals surface area contributed by atoms with Gasteiger partial charge in [-0.2, -0.15) is 0 Å². The summed E-state index contributed by atoms with van der Waals surface area (Å²) in [5.41, 5.74) is 5.33. The minimum absolute atomic E-state index is 0.0381. The Morgan fingerprint density at radius 3 is 2.41 bits per heavy atom. The van der Waals surface area contributed by atoms with Crippen LogP contribution in [-0.2, 0) is 9.59 Å². The largest absolute Gasteiger partial charge is 0.495 e. The fourth-order valence-electron chi connectivity index (χ4n) is 3.53. The number of hydrogen-bond acceptors (Lipinski definition) is 4. The smallest absolute Gasteiger partial charge is 0.262 e. The Balaban J connectivity index is 1.70. The first kappa shape index (κ1) is 27.7. The van der Waals surface area contributed by atoms with E-state index in [1.807, 2.05) is 0 Å². The second kappa shape index (κ2) is 12.4. The van der Waals surface area contributed by atoms with Gasteiger partial charge in [-0.15, -0.1) is 11.6 Å². The van der Waals surface area contributed by atoms with Gasteiger partial charge in [-0.1, -0.05) is 0 Å². The number of carbonyl (C=O) groups excluding carboxylic acids is 2. The second-order valence-electron chi connectivity index (χ2n) is 7.96. The van der Waals surface area contributed by atoms with Crippen LogP contribution in [0.15, 0.2) is 42.9 Å². The van der Waals surface area contributed by atoms with E-state index >= 15 is 0 Å². The molecule has 196 valence electrons. The number of ether oxygens (including phenoxy) is 1. The quantitative estimate of drug-likeness (QED) is 0.136. The van der Waals surface area contributed by atoms with Crippen LogP contribution in [0.2, 0.25) is 0 Å². The maximum absolute atomic E-state index is 14.7. The molecule has 3 rings (SSSR count). The van der Waals surface area contributed by atoms with E-state index in [1.54, 1.807) is 17.7 Å². The topological polar surface area (TPSA) is 85.3 Å². The fourth-order valence-corrected chi connectivity index (χ4v) is 3.68. The number of halogens is 5. The lowest BCUT2D eigenvalue weighted by molar-refractivity contribution is -0.127. The van der Waals surface area contributed by atoms with Gasteiger partial charge in [0.05, 0.1) is 30.7 Å². The number of benzene rings is 2. The molecule has 2 aromatic carbocycles. The van der Waals surface area contributed by atoms with Crippen molar-refractivity contribution in [2.75, 3.05) is 13.0 Å². The van der Waals surface area contributed by atoms with E-state index in [9.17, 15) is 27.2 Å². The fraction of sp³-hybridized carbons (Fsp3) is 0.240. The number of rotatable bonds is 9. The van der Waals surface area contributed by atoms with Crippen molar-refractivity contribution in [2.45, 2.75) is 25.7 Å². The molecule has 0 spiro atoms. The summed E-state index contributed by atoms with van der Waals surface area (Å²) in [6.07, 6.45) is 5.75. The number of carbonyl (C=O) groups is 2. The number of aromatic nitrogens is 2. The Labute approximate surface area is 215 Å². The predicted molar refractivity (Wildman–Crippen MR) is 129 cm³/mol. The number of hydrazine groups is 1. The molecule has 1 atom stereocenters. The molecule has 7 nitrogen and oxygen atoms in total. The zero-order chi connectivity index (χ0) is 27.1. The Hall–Kier alpha value is -3.86. The maximum Gasteiger partial charge on any atom is 0.262 e. The summed E-state index contributed by atoms with van der Waals surface area (Å²) in [7, 11) is 1.41. The Kier molecular flexibility index (Phi) is 9.29. The molecule has 2 amide bonds. The first-order valence-electron chi connectivity index (χ1n) is 11.0. The van der Waals surface area contributed by atoms with Gasteiger partial charge in [-0.05, 0) is 49.6 Å². The van der Waals surface area contributed by atoms with E-state index < -0.39 is 41.0 Å². The van der Waals surface area contributed by atoms with Crippen molar-refractivity contribution < 1.29 is 31.9 Å². The summed E-state index contributed by atoms with van der Waals surface area (Å²) in [5.74, 6) is -7.43. The summed E-state index contributed by atoms with van der Waals surface area (Å²) in [4.78, 5) is 29.0. The van der Waals surface area contributed by atoms with Gasteiger partial charge in [-0.25, -0.2) is 22.5 Å². The third kappa shape index (κ3) is 6.88. The van der Waals surface area contributed by atoms with Crippen LogP contribution in [0.5, 0.6) is 5.75 Å². The normalized spacial score (nSPS) is 12.0. The minimum Gasteiger partial charge on any atom is -0.495 e. The number of amides is 2. The van der Waals surface area contributed by atoms with E-state index in [-0.39, 0.29) is 23.4 Å². The SMILES string of the molecule is COc1cc(C=CC(=O)NNC(=O)C(CCCCl)c2cc(F)c(F)c(F)c2)c(F)cc1-n1cnc(C)c1. The van der Waals surface area contributed by atoms with Crippen LogP contribution in [0.1, 0.15) is 35.6 Å². The molecule has 1 heterocycles. The van der Waals surface area contributed by atoms with Gasteiger partial charge >= 0.3 is 0 Å². The minimum atomic E-state index is -1.66. The molecule has 2 N–H and O–H groups in total. The van der Waals surface area contributed by atoms with Gasteiger partial charge in [0.1, 0.15) is 11.6 Å². The highest BCUT2D eigenvalue weighted by Crippen LogP contribution is 2.28. The van der Waals surface area contributed by atoms with Crippen LogP contribution in [0.4, 0.5) is 17.6 Å². The molecular weight excluding hydrogens is 516 g/mol. The standard InChI is InChI=1S/C25H23ClF4N4O3/c1-14-12-34(13-31-14)21-11-18(27)15(10-22(21)37-2)5-6-23(35)32-33-25(36)17(4-3-7-26)16-8-19(28)24(30)20(29)9-16/h5-6,8-13,17H,3-4,7H2,1-2H3,(H,32,35)(H,33,36). The van der Waals surface area contributed by atoms with Crippen molar-refractivity contribution in [3.8, 4) is 11.4 Å². The number of nitrogens with zero attached hydrogens (tertiary/aromatic N) is 2. The average Bonchev–Trinajstić information content (AvgIpc) is 3.31. The molecule has 0 fully saturated rings. The van der Waals surface area contributed by atoms with Crippen LogP contribution in [0.25, 0.3) is 11.8 Å². The molecule has 12 heteroatoms. The summed E-state index contributed by atoms with van der Waals surface area (Å²) in [6.45, 7) is 1.78. The van der Waals surface area contributed by atoms with Crippen molar-refractivity contribution in [1.29, 1.82) is 0 Å². The number of imidazole rings is 1. The van der Waals surface area contributed by atoms with Crippen LogP contribution in [-0.4, -0.2) is 34.4 Å². The molecule has 0 saturated carbocycles. The third-order valence-corrected chi connectivity index (χ3v) is 5.63. The predicted octanol–water partition coefficient (Wildman–Crippen LogP) is 4.71. The molecular formula is C25H23ClF4N4O3. The third-order valence-electron chi connectivity index (χ3n) is 5.36. The molecule has 0 bridgehead atoms. The van der Waals surface area contributed by atoms with Crippen molar-refractivity contribution in [1.82, 2.24) is 20.4 Å². The number of hydrogen-bond donors (Lipinski definition) is 2. The van der Waals surface area contributed by atoms with E-state index in [2.05, 4.69) is 15.8 Å². The van der Waals surface area contributed by atoms with E-state index in [4.69, 9.17) is 16.3 Å². The molecule has 0 radical (unpaired) electrons. The Bertz CT molecular complexity index is 1310. The summed E-state index contributed by atoms with van der Waals surface area (Å²) in [6, 6.07) is 4.04. The highest BCUT2D eigenvalue weighted by molar-refractivity contribution is 6.17. The molecule has 37 heavy (non-hydrogen) atoms. The highest BCUT2D eigenvalue weighted by atomic mass is 35.5. The Morgan fingerprint density at radius 1 is 1.11 bits per heavy atom. The molecule has 0 aliphatic rings. The monoisotopic (exact) mass is 538 g/mol. The van der Waals surface area contributed by atoms with E-state index in [0.717, 1.165) is 11.8 Å². The zero-order valence-electron chi connectivity index (χ0n) is 19.8. The summed E-state index contributed by atoms with van der Waals surface area (Å²) in [5, 5.41) is 0. The van der Waals surface area contributed by atoms with Crippen LogP contribution in [0.3, 0.4) is 0 Å². The van der Waals surface area contributed by atoms with Crippen LogP contribution in [0, 0.1) is 30.2 Å². The van der Waals surface area contributed by atoms with Gasteiger partial charge < -0.3 is 9.30 Å². The maximum atomic E-state index is 14.7. The lowest BCUT2D eigenvalue weighted by atomic mass is 9.93. The molecule has 1 unspecified atom stereocenters. The zero-order valence-corrected chi connectivity index (χ0v) is 20.6. The molecule has 3 aromatic rings. The lowest BCUT2D eigenvalue weighted by Crippen LogP contribution is -2.43. The van der Waals surface area contributed by atoms with Gasteiger partial charge in [0.2, 0.25) is 5.91 Å². The number of nitrogens with one attached hydrogen (secondary N) is 2. The van der Waals surface area contributed by atoms with Gasteiger partial charge in [0.25, 0.3) is 5.91 Å². The Morgan fingerprint density at radius 2 is 1.81 bits per heavy atom. The number of alkyl halides is 1. The van der Waals surface area contributed by atoms with Crippen LogP contribution >= 0.6 is 11.6 Å². The highest BCUT2D eigenvalue weighted by Gasteiger charge is 2.24. The van der Waals surface area contributed by atoms with Gasteiger partial charge in [-0.3, -0.25) is 20.4 Å². The van der Waals surface area contributed by atoms with Crippen LogP contribution < -0.4 is 15.6 Å². The van der Waals surface area contributed by atoms with Crippen molar-refractivity contribution in [2.24, 2.45) is 0 Å². The summed E-state index contributed by atoms with van der Waals surface area (Å²) >= 11 is 5.67. The molecule has 0 aliphatic carbocycles. The van der Waals surface area contributed by atoms with Crippen molar-refractivity contribution >= 4 is 29.5 Å². The van der Waals surface area contributed by atoms with Crippen molar-refractivity contribution in [3.63, 3.8) is 0 Å². The second-order valence-corrected chi connectivity index (χ2v) is 8.34. The lowest BCUT2D eigenvalue weighted by Gasteiger charge is -2.17. The average molecular weight is 539 g/mol. The molecule has 1 aromatic heterocycles.